The van der Waals surface area contributed by atoms with E-state index in [1.165, 1.54) is 0 Å². The zero-order chi connectivity index (χ0) is 19.6. The van der Waals surface area contributed by atoms with E-state index in [-0.39, 0.29) is 23.7 Å². The molecule has 0 bridgehead atoms. The number of rotatable bonds is 7. The van der Waals surface area contributed by atoms with E-state index in [4.69, 9.17) is 9.15 Å². The van der Waals surface area contributed by atoms with Crippen LogP contribution in [0, 0.1) is 0 Å². The molecule has 1 amide bonds. The smallest absolute Gasteiger partial charge is 0.289 e. The van der Waals surface area contributed by atoms with Crippen LogP contribution in [0.3, 0.4) is 0 Å². The van der Waals surface area contributed by atoms with Gasteiger partial charge in [-0.15, -0.1) is 0 Å². The molecule has 0 spiro atoms. The van der Waals surface area contributed by atoms with Gasteiger partial charge in [-0.1, -0.05) is 20.8 Å². The molecule has 0 radical (unpaired) electrons. The number of amides is 1. The third kappa shape index (κ3) is 3.80. The standard InChI is InChI=1S/C21H34N2O4/c1-5-17-15(14-22(6-2)7-3)12-18(27-17)20(25)23-11-10-21(26-4)9-8-16(24)13-19(21)23/h12,16,19,24H,5-11,13-14H2,1-4H3/t16-,19-,21+/m0/s1. The van der Waals surface area contributed by atoms with Crippen molar-refractivity contribution < 1.29 is 19.1 Å². The average Bonchev–Trinajstić information content (AvgIpc) is 3.27. The van der Waals surface area contributed by atoms with Crippen LogP contribution >= 0.6 is 0 Å². The van der Waals surface area contributed by atoms with E-state index in [0.717, 1.165) is 56.6 Å². The molecule has 152 valence electrons. The van der Waals surface area contributed by atoms with E-state index >= 15 is 0 Å². The maximum Gasteiger partial charge on any atom is 0.289 e. The summed E-state index contributed by atoms with van der Waals surface area (Å²) in [5, 5.41) is 10.2. The fourth-order valence-corrected chi connectivity index (χ4v) is 4.75. The predicted molar refractivity (Wildman–Crippen MR) is 104 cm³/mol. The van der Waals surface area contributed by atoms with Gasteiger partial charge in [0.15, 0.2) is 5.76 Å². The maximum atomic E-state index is 13.3. The third-order valence-corrected chi connectivity index (χ3v) is 6.54. The number of nitrogens with zero attached hydrogens (tertiary/aromatic N) is 2. The Bertz CT molecular complexity index is 655. The van der Waals surface area contributed by atoms with Crippen molar-refractivity contribution in [2.45, 2.75) is 77.2 Å². The zero-order valence-corrected chi connectivity index (χ0v) is 17.2. The van der Waals surface area contributed by atoms with Gasteiger partial charge < -0.3 is 19.2 Å². The Morgan fingerprint density at radius 2 is 2.11 bits per heavy atom. The Morgan fingerprint density at radius 1 is 1.37 bits per heavy atom. The quantitative estimate of drug-likeness (QED) is 0.790. The molecule has 3 atom stereocenters. The van der Waals surface area contributed by atoms with Crippen LogP contribution in [-0.2, 0) is 17.7 Å². The highest BCUT2D eigenvalue weighted by atomic mass is 16.5. The molecule has 1 saturated heterocycles. The highest BCUT2D eigenvalue weighted by molar-refractivity contribution is 5.92. The molecule has 0 aromatic carbocycles. The van der Waals surface area contributed by atoms with Crippen molar-refractivity contribution in [1.29, 1.82) is 0 Å². The second-order valence-electron chi connectivity index (χ2n) is 7.84. The number of methoxy groups -OCH3 is 1. The van der Waals surface area contributed by atoms with Crippen molar-refractivity contribution in [1.82, 2.24) is 9.80 Å². The second kappa shape index (κ2) is 8.33. The van der Waals surface area contributed by atoms with E-state index in [0.29, 0.717) is 18.7 Å². The number of carbonyl (C=O) groups excluding carboxylic acids is 1. The first-order valence-corrected chi connectivity index (χ1v) is 10.4. The summed E-state index contributed by atoms with van der Waals surface area (Å²) in [7, 11) is 1.73. The van der Waals surface area contributed by atoms with E-state index < -0.39 is 0 Å². The van der Waals surface area contributed by atoms with Crippen LogP contribution in [0.2, 0.25) is 0 Å². The first kappa shape index (κ1) is 20.4. The molecule has 1 saturated carbocycles. The molecule has 3 rings (SSSR count). The monoisotopic (exact) mass is 378 g/mol. The molecule has 27 heavy (non-hydrogen) atoms. The first-order chi connectivity index (χ1) is 13.0. The second-order valence-corrected chi connectivity index (χ2v) is 7.84. The van der Waals surface area contributed by atoms with Gasteiger partial charge in [0.1, 0.15) is 5.76 Å². The Labute approximate surface area is 162 Å². The molecule has 0 unspecified atom stereocenters. The van der Waals surface area contributed by atoms with Crippen LogP contribution in [0.5, 0.6) is 0 Å². The van der Waals surface area contributed by atoms with Gasteiger partial charge in [0.25, 0.3) is 5.91 Å². The van der Waals surface area contributed by atoms with Crippen molar-refractivity contribution >= 4 is 5.91 Å². The molecule has 6 heteroatoms. The largest absolute Gasteiger partial charge is 0.456 e. The van der Waals surface area contributed by atoms with Crippen LogP contribution in [0.4, 0.5) is 0 Å². The number of aliphatic hydroxyl groups is 1. The summed E-state index contributed by atoms with van der Waals surface area (Å²) in [6, 6.07) is 1.84. The maximum absolute atomic E-state index is 13.3. The van der Waals surface area contributed by atoms with Crippen LogP contribution in [-0.4, -0.2) is 65.3 Å². The summed E-state index contributed by atoms with van der Waals surface area (Å²) < 4.78 is 11.8. The summed E-state index contributed by atoms with van der Waals surface area (Å²) in [5.74, 6) is 1.24. The number of fused-ring (bicyclic) bond motifs is 1. The van der Waals surface area contributed by atoms with E-state index in [1.807, 2.05) is 11.0 Å². The SMILES string of the molecule is CCc1oc(C(=O)N2CC[C@]3(OC)CC[C@H](O)C[C@H]23)cc1CN(CC)CC. The van der Waals surface area contributed by atoms with Crippen LogP contribution in [0.1, 0.15) is 68.3 Å². The van der Waals surface area contributed by atoms with Crippen molar-refractivity contribution in [3.63, 3.8) is 0 Å². The summed E-state index contributed by atoms with van der Waals surface area (Å²) in [4.78, 5) is 17.4. The fourth-order valence-electron chi connectivity index (χ4n) is 4.75. The van der Waals surface area contributed by atoms with Gasteiger partial charge in [0.2, 0.25) is 0 Å². The predicted octanol–water partition coefficient (Wildman–Crippen LogP) is 2.83. The highest BCUT2D eigenvalue weighted by Crippen LogP contribution is 2.43. The Kier molecular flexibility index (Phi) is 6.28. The van der Waals surface area contributed by atoms with Gasteiger partial charge in [-0.25, -0.2) is 0 Å². The number of aryl methyl sites for hydroxylation is 1. The summed E-state index contributed by atoms with van der Waals surface area (Å²) >= 11 is 0. The normalized spacial score (nSPS) is 28.0. The van der Waals surface area contributed by atoms with Gasteiger partial charge >= 0.3 is 0 Å². The molecule has 1 aromatic rings. The molecule has 1 aliphatic carbocycles. The van der Waals surface area contributed by atoms with Gasteiger partial charge in [0, 0.05) is 32.2 Å². The van der Waals surface area contributed by atoms with Crippen molar-refractivity contribution in [3.05, 3.63) is 23.2 Å². The summed E-state index contributed by atoms with van der Waals surface area (Å²) in [6.07, 6.45) is 3.33. The number of hydrogen-bond donors (Lipinski definition) is 1. The molecular weight excluding hydrogens is 344 g/mol. The van der Waals surface area contributed by atoms with Crippen molar-refractivity contribution in [3.8, 4) is 0 Å². The van der Waals surface area contributed by atoms with Crippen LogP contribution in [0.25, 0.3) is 0 Å². The fraction of sp³-hybridized carbons (Fsp3) is 0.762. The Morgan fingerprint density at radius 3 is 2.74 bits per heavy atom. The summed E-state index contributed by atoms with van der Waals surface area (Å²) in [5.41, 5.74) is 0.782. The highest BCUT2D eigenvalue weighted by Gasteiger charge is 2.52. The van der Waals surface area contributed by atoms with Crippen LogP contribution < -0.4 is 0 Å². The van der Waals surface area contributed by atoms with E-state index in [2.05, 4.69) is 25.7 Å². The van der Waals surface area contributed by atoms with E-state index in [1.54, 1.807) is 7.11 Å². The number of likely N-dealkylation sites (tertiary alicyclic amines) is 1. The zero-order valence-electron chi connectivity index (χ0n) is 17.2. The molecule has 2 aliphatic rings. The van der Waals surface area contributed by atoms with Crippen molar-refractivity contribution in [2.24, 2.45) is 0 Å². The average molecular weight is 379 g/mol. The lowest BCUT2D eigenvalue weighted by Crippen LogP contribution is -2.52. The molecular formula is C21H34N2O4. The minimum absolute atomic E-state index is 0.0754. The minimum atomic E-state index is -0.368. The molecule has 1 aliphatic heterocycles. The lowest BCUT2D eigenvalue weighted by atomic mass is 9.79. The van der Waals surface area contributed by atoms with Crippen molar-refractivity contribution in [2.75, 3.05) is 26.7 Å². The third-order valence-electron chi connectivity index (χ3n) is 6.54. The first-order valence-electron chi connectivity index (χ1n) is 10.4. The molecule has 2 heterocycles. The number of ether oxygens (including phenoxy) is 1. The lowest BCUT2D eigenvalue weighted by molar-refractivity contribution is -0.0826. The minimum Gasteiger partial charge on any atom is -0.456 e. The van der Waals surface area contributed by atoms with Gasteiger partial charge in [-0.05, 0) is 44.8 Å². The lowest BCUT2D eigenvalue weighted by Gasteiger charge is -2.42. The topological polar surface area (TPSA) is 66.2 Å². The Balaban J connectivity index is 1.82. The Hall–Kier alpha value is -1.37. The van der Waals surface area contributed by atoms with Crippen LogP contribution in [0.15, 0.2) is 10.5 Å². The number of furan rings is 1. The van der Waals surface area contributed by atoms with Gasteiger partial charge in [0.05, 0.1) is 17.7 Å². The number of hydrogen-bond acceptors (Lipinski definition) is 5. The molecule has 1 aromatic heterocycles. The molecule has 1 N–H and O–H groups in total. The summed E-state index contributed by atoms with van der Waals surface area (Å²) in [6.45, 7) is 9.73. The number of aliphatic hydroxyl groups excluding tert-OH is 1. The van der Waals surface area contributed by atoms with E-state index in [9.17, 15) is 9.90 Å². The molecule has 6 nitrogen and oxygen atoms in total. The molecule has 2 fully saturated rings. The van der Waals surface area contributed by atoms with Gasteiger partial charge in [-0.3, -0.25) is 9.69 Å². The number of carbonyl (C=O) groups is 1. The van der Waals surface area contributed by atoms with Gasteiger partial charge in [-0.2, -0.15) is 0 Å².